The zero-order chi connectivity index (χ0) is 11.6. The average Bonchev–Trinajstić information content (AvgIpc) is 2.67. The normalized spacial score (nSPS) is 11.7. The summed E-state index contributed by atoms with van der Waals surface area (Å²) in [5, 5.41) is 11.4. The van der Waals surface area contributed by atoms with Crippen LogP contribution in [0.25, 0.3) is 0 Å². The zero-order valence-electron chi connectivity index (χ0n) is 8.02. The highest BCUT2D eigenvalue weighted by atomic mass is 35.6. The number of benzene rings is 1. The van der Waals surface area contributed by atoms with Crippen LogP contribution in [0.15, 0.2) is 30.3 Å². The largest absolute Gasteiger partial charge is 0.305 e. The molecule has 2 rings (SSSR count). The van der Waals surface area contributed by atoms with Gasteiger partial charge in [0.05, 0.1) is 0 Å². The molecule has 0 saturated heterocycles. The summed E-state index contributed by atoms with van der Waals surface area (Å²) in [4.78, 5) is 0.954. The molecule has 0 aliphatic heterocycles. The summed E-state index contributed by atoms with van der Waals surface area (Å²) in [6.07, 6.45) is 0.557. The second-order valence-electron chi connectivity index (χ2n) is 3.13. The molecule has 0 unspecified atom stereocenters. The van der Waals surface area contributed by atoms with Gasteiger partial charge in [-0.25, -0.2) is 0 Å². The molecular formula is C9H7Cl3N4. The molecule has 0 bridgehead atoms. The summed E-state index contributed by atoms with van der Waals surface area (Å²) in [7, 11) is 0. The fourth-order valence-electron chi connectivity index (χ4n) is 1.20. The molecule has 0 spiro atoms. The van der Waals surface area contributed by atoms with Gasteiger partial charge in [-0.05, 0) is 10.8 Å². The SMILES string of the molecule is ClC(Cl)(Cl)n1nnc(Cc2ccccc2)n1. The maximum atomic E-state index is 5.60. The first-order valence-electron chi connectivity index (χ1n) is 4.46. The number of tetrazole rings is 1. The van der Waals surface area contributed by atoms with Gasteiger partial charge in [0.1, 0.15) is 0 Å². The smallest absolute Gasteiger partial charge is 0.132 e. The van der Waals surface area contributed by atoms with E-state index in [0.29, 0.717) is 12.2 Å². The third-order valence-electron chi connectivity index (χ3n) is 1.89. The highest BCUT2D eigenvalue weighted by Gasteiger charge is 2.25. The first-order valence-corrected chi connectivity index (χ1v) is 5.59. The fourth-order valence-corrected chi connectivity index (χ4v) is 1.41. The van der Waals surface area contributed by atoms with Crippen LogP contribution in [0.3, 0.4) is 0 Å². The predicted octanol–water partition coefficient (Wildman–Crippen LogP) is 2.55. The van der Waals surface area contributed by atoms with E-state index in [-0.39, 0.29) is 0 Å². The van der Waals surface area contributed by atoms with Crippen molar-refractivity contribution in [1.82, 2.24) is 20.2 Å². The molecule has 0 aliphatic carbocycles. The number of rotatable bonds is 2. The van der Waals surface area contributed by atoms with Crippen molar-refractivity contribution < 1.29 is 0 Å². The first-order chi connectivity index (χ1) is 7.55. The third-order valence-corrected chi connectivity index (χ3v) is 2.34. The Hall–Kier alpha value is -0.840. The number of alkyl halides is 3. The quantitative estimate of drug-likeness (QED) is 0.792. The maximum absolute atomic E-state index is 5.60. The van der Waals surface area contributed by atoms with Crippen molar-refractivity contribution in [1.29, 1.82) is 0 Å². The van der Waals surface area contributed by atoms with Crippen molar-refractivity contribution >= 4 is 34.8 Å². The van der Waals surface area contributed by atoms with E-state index in [9.17, 15) is 0 Å². The summed E-state index contributed by atoms with van der Waals surface area (Å²) in [5.74, 6) is 0.512. The summed E-state index contributed by atoms with van der Waals surface area (Å²) in [6.45, 7) is 0. The van der Waals surface area contributed by atoms with E-state index >= 15 is 0 Å². The molecule has 0 N–H and O–H groups in total. The van der Waals surface area contributed by atoms with E-state index < -0.39 is 3.92 Å². The summed E-state index contributed by atoms with van der Waals surface area (Å²) in [5.41, 5.74) is 1.08. The van der Waals surface area contributed by atoms with Crippen LogP contribution in [0.1, 0.15) is 11.4 Å². The molecule has 4 nitrogen and oxygen atoms in total. The van der Waals surface area contributed by atoms with Gasteiger partial charge in [-0.1, -0.05) is 65.1 Å². The molecule has 0 radical (unpaired) electrons. The monoisotopic (exact) mass is 276 g/mol. The van der Waals surface area contributed by atoms with Crippen LogP contribution in [-0.4, -0.2) is 20.2 Å². The van der Waals surface area contributed by atoms with Crippen molar-refractivity contribution in [2.45, 2.75) is 10.3 Å². The van der Waals surface area contributed by atoms with Crippen LogP contribution in [0.4, 0.5) is 0 Å². The van der Waals surface area contributed by atoms with Gasteiger partial charge in [0.25, 0.3) is 0 Å². The molecule has 7 heteroatoms. The number of aromatic nitrogens is 4. The Kier molecular flexibility index (Phi) is 3.33. The number of hydrogen-bond donors (Lipinski definition) is 0. The number of halogens is 3. The second kappa shape index (κ2) is 4.57. The van der Waals surface area contributed by atoms with Crippen LogP contribution in [-0.2, 0) is 10.3 Å². The van der Waals surface area contributed by atoms with E-state index in [1.165, 1.54) is 0 Å². The molecule has 84 valence electrons. The molecule has 16 heavy (non-hydrogen) atoms. The second-order valence-corrected chi connectivity index (χ2v) is 5.35. The zero-order valence-corrected chi connectivity index (χ0v) is 10.3. The molecule has 1 aromatic carbocycles. The van der Waals surface area contributed by atoms with Gasteiger partial charge in [-0.2, -0.15) is 0 Å². The Bertz CT molecular complexity index is 463. The van der Waals surface area contributed by atoms with Gasteiger partial charge in [0.2, 0.25) is 0 Å². The molecule has 1 heterocycles. The lowest BCUT2D eigenvalue weighted by Gasteiger charge is -2.06. The van der Waals surface area contributed by atoms with Crippen molar-refractivity contribution in [2.24, 2.45) is 0 Å². The van der Waals surface area contributed by atoms with Crippen molar-refractivity contribution in [3.63, 3.8) is 0 Å². The Morgan fingerprint density at radius 1 is 1.12 bits per heavy atom. The van der Waals surface area contributed by atoms with E-state index in [4.69, 9.17) is 34.8 Å². The number of nitrogens with zero attached hydrogens (tertiary/aromatic N) is 4. The van der Waals surface area contributed by atoms with Gasteiger partial charge in [-0.15, -0.1) is 15.0 Å². The number of hydrogen-bond acceptors (Lipinski definition) is 3. The Labute approximate surface area is 107 Å². The average molecular weight is 278 g/mol. The molecule has 0 saturated carbocycles. The van der Waals surface area contributed by atoms with Crippen LogP contribution >= 0.6 is 34.8 Å². The van der Waals surface area contributed by atoms with Gasteiger partial charge in [0, 0.05) is 6.42 Å². The van der Waals surface area contributed by atoms with Crippen molar-refractivity contribution in [3.05, 3.63) is 41.7 Å². The molecule has 2 aromatic rings. The predicted molar refractivity (Wildman–Crippen MR) is 62.6 cm³/mol. The van der Waals surface area contributed by atoms with Gasteiger partial charge in [0.15, 0.2) is 5.82 Å². The van der Waals surface area contributed by atoms with E-state index in [2.05, 4.69) is 15.4 Å². The Morgan fingerprint density at radius 2 is 1.81 bits per heavy atom. The first kappa shape index (κ1) is 11.6. The third kappa shape index (κ3) is 2.84. The van der Waals surface area contributed by atoms with E-state index in [1.54, 1.807) is 0 Å². The molecule has 0 fully saturated rings. The minimum atomic E-state index is -1.69. The lowest BCUT2D eigenvalue weighted by Crippen LogP contribution is -2.16. The standard InChI is InChI=1S/C9H7Cl3N4/c10-9(11,12)16-14-8(13-15-16)6-7-4-2-1-3-5-7/h1-5H,6H2. The molecule has 0 aliphatic rings. The Morgan fingerprint density at radius 3 is 2.38 bits per heavy atom. The highest BCUT2D eigenvalue weighted by molar-refractivity contribution is 6.64. The minimum Gasteiger partial charge on any atom is -0.132 e. The van der Waals surface area contributed by atoms with Crippen LogP contribution in [0, 0.1) is 0 Å². The molecular weight excluding hydrogens is 270 g/mol. The maximum Gasteiger partial charge on any atom is 0.305 e. The molecule has 0 atom stereocenters. The minimum absolute atomic E-state index is 0.512. The van der Waals surface area contributed by atoms with Crippen LogP contribution < -0.4 is 0 Å². The van der Waals surface area contributed by atoms with E-state index in [1.807, 2.05) is 30.3 Å². The highest BCUT2D eigenvalue weighted by Crippen LogP contribution is 2.29. The topological polar surface area (TPSA) is 43.6 Å². The van der Waals surface area contributed by atoms with Gasteiger partial charge in [-0.3, -0.25) is 0 Å². The van der Waals surface area contributed by atoms with Crippen LogP contribution in [0.2, 0.25) is 0 Å². The summed E-state index contributed by atoms with van der Waals surface area (Å²) in [6, 6.07) is 9.75. The molecule has 1 aromatic heterocycles. The Balaban J connectivity index is 2.15. The molecule has 0 amide bonds. The van der Waals surface area contributed by atoms with Gasteiger partial charge < -0.3 is 0 Å². The van der Waals surface area contributed by atoms with Gasteiger partial charge >= 0.3 is 3.92 Å². The van der Waals surface area contributed by atoms with Crippen LogP contribution in [0.5, 0.6) is 0 Å². The summed E-state index contributed by atoms with van der Waals surface area (Å²) >= 11 is 16.8. The van der Waals surface area contributed by atoms with Crippen molar-refractivity contribution in [2.75, 3.05) is 0 Å². The summed E-state index contributed by atoms with van der Waals surface area (Å²) < 4.78 is -1.69. The lowest BCUT2D eigenvalue weighted by atomic mass is 10.1. The van der Waals surface area contributed by atoms with E-state index in [0.717, 1.165) is 10.4 Å². The lowest BCUT2D eigenvalue weighted by molar-refractivity contribution is 0.558. The fraction of sp³-hybridized carbons (Fsp3) is 0.222. The van der Waals surface area contributed by atoms with Crippen molar-refractivity contribution in [3.8, 4) is 0 Å².